The van der Waals surface area contributed by atoms with Crippen LogP contribution in [0.15, 0.2) is 13.7 Å². The SMILES string of the molecule is CC(C)(C)S(=O)/N=C/c1csc(Br)n1. The van der Waals surface area contributed by atoms with Crippen molar-refractivity contribution in [1.29, 1.82) is 0 Å². The molecule has 1 aromatic rings. The predicted molar refractivity (Wildman–Crippen MR) is 65.3 cm³/mol. The number of halogens is 1. The van der Waals surface area contributed by atoms with Crippen LogP contribution in [0.1, 0.15) is 26.5 Å². The van der Waals surface area contributed by atoms with E-state index in [0.29, 0.717) is 0 Å². The van der Waals surface area contributed by atoms with Crippen molar-refractivity contribution >= 4 is 44.5 Å². The fraction of sp³-hybridized carbons (Fsp3) is 0.500. The third-order valence-corrected chi connectivity index (χ3v) is 4.03. The molecular weight excluding hydrogens is 284 g/mol. The summed E-state index contributed by atoms with van der Waals surface area (Å²) in [6.07, 6.45) is 1.54. The summed E-state index contributed by atoms with van der Waals surface area (Å²) < 4.78 is 16.0. The number of rotatable bonds is 2. The van der Waals surface area contributed by atoms with Crippen LogP contribution in [0.2, 0.25) is 0 Å². The van der Waals surface area contributed by atoms with Gasteiger partial charge in [-0.2, -0.15) is 4.40 Å². The molecule has 0 aliphatic rings. The molecule has 1 unspecified atom stereocenters. The minimum Gasteiger partial charge on any atom is -0.234 e. The van der Waals surface area contributed by atoms with Gasteiger partial charge in [0.25, 0.3) is 0 Å². The number of thiazole rings is 1. The molecule has 0 spiro atoms. The zero-order chi connectivity index (χ0) is 10.8. The highest BCUT2D eigenvalue weighted by Crippen LogP contribution is 2.16. The average molecular weight is 295 g/mol. The third kappa shape index (κ3) is 3.59. The average Bonchev–Trinajstić information content (AvgIpc) is 2.45. The van der Waals surface area contributed by atoms with Gasteiger partial charge < -0.3 is 0 Å². The Morgan fingerprint density at radius 3 is 2.71 bits per heavy atom. The monoisotopic (exact) mass is 294 g/mol. The molecule has 0 aromatic carbocycles. The van der Waals surface area contributed by atoms with Gasteiger partial charge in [-0.1, -0.05) is 0 Å². The Labute approximate surface area is 98.4 Å². The van der Waals surface area contributed by atoms with E-state index in [4.69, 9.17) is 0 Å². The fourth-order valence-electron chi connectivity index (χ4n) is 0.582. The molecule has 0 saturated heterocycles. The van der Waals surface area contributed by atoms with Crippen molar-refractivity contribution in [2.75, 3.05) is 0 Å². The number of aromatic nitrogens is 1. The van der Waals surface area contributed by atoms with Crippen molar-refractivity contribution in [3.8, 4) is 0 Å². The second-order valence-corrected chi connectivity index (χ2v) is 7.69. The summed E-state index contributed by atoms with van der Waals surface area (Å²) in [6.45, 7) is 5.66. The third-order valence-electron chi connectivity index (χ3n) is 1.30. The van der Waals surface area contributed by atoms with Gasteiger partial charge in [-0.15, -0.1) is 11.3 Å². The number of hydrogen-bond donors (Lipinski definition) is 0. The maximum absolute atomic E-state index is 11.5. The Morgan fingerprint density at radius 1 is 1.64 bits per heavy atom. The zero-order valence-corrected chi connectivity index (χ0v) is 11.4. The first kappa shape index (κ1) is 12.0. The molecule has 1 atom stereocenters. The smallest absolute Gasteiger partial charge is 0.159 e. The van der Waals surface area contributed by atoms with E-state index in [9.17, 15) is 4.21 Å². The summed E-state index contributed by atoms with van der Waals surface area (Å²) in [4.78, 5) is 4.12. The summed E-state index contributed by atoms with van der Waals surface area (Å²) in [5, 5.41) is 1.85. The van der Waals surface area contributed by atoms with Gasteiger partial charge >= 0.3 is 0 Å². The van der Waals surface area contributed by atoms with Crippen LogP contribution in [0.5, 0.6) is 0 Å². The van der Waals surface area contributed by atoms with Crippen LogP contribution < -0.4 is 0 Å². The van der Waals surface area contributed by atoms with Gasteiger partial charge in [0.2, 0.25) is 0 Å². The summed E-state index contributed by atoms with van der Waals surface area (Å²) in [7, 11) is -1.21. The second-order valence-electron chi connectivity index (χ2n) is 3.62. The maximum atomic E-state index is 11.5. The van der Waals surface area contributed by atoms with Crippen LogP contribution in [-0.2, 0) is 11.0 Å². The standard InChI is InChI=1S/C8H11BrN2OS2/c1-8(2,3)14(12)10-4-6-5-13-7(9)11-6/h4-5H,1-3H3/b10-4+. The van der Waals surface area contributed by atoms with E-state index < -0.39 is 11.0 Å². The Morgan fingerprint density at radius 2 is 2.29 bits per heavy atom. The highest BCUT2D eigenvalue weighted by atomic mass is 79.9. The molecule has 0 aliphatic carbocycles. The Kier molecular flexibility index (Phi) is 3.97. The van der Waals surface area contributed by atoms with E-state index in [1.54, 1.807) is 6.21 Å². The van der Waals surface area contributed by atoms with Crippen LogP contribution in [-0.4, -0.2) is 20.2 Å². The van der Waals surface area contributed by atoms with E-state index in [1.807, 2.05) is 26.2 Å². The first-order chi connectivity index (χ1) is 6.39. The van der Waals surface area contributed by atoms with Gasteiger partial charge in [-0.25, -0.2) is 9.19 Å². The molecule has 0 fully saturated rings. The van der Waals surface area contributed by atoms with Gasteiger partial charge in [0.15, 0.2) is 3.92 Å². The van der Waals surface area contributed by atoms with Crippen molar-refractivity contribution in [2.24, 2.45) is 4.40 Å². The molecule has 0 bridgehead atoms. The first-order valence-corrected chi connectivity index (χ1v) is 6.74. The van der Waals surface area contributed by atoms with Gasteiger partial charge in [-0.05, 0) is 36.7 Å². The highest BCUT2D eigenvalue weighted by Gasteiger charge is 2.18. The van der Waals surface area contributed by atoms with Crippen LogP contribution in [0.25, 0.3) is 0 Å². The van der Waals surface area contributed by atoms with Gasteiger partial charge in [0.1, 0.15) is 11.0 Å². The normalized spacial score (nSPS) is 14.9. The summed E-state index contributed by atoms with van der Waals surface area (Å²) in [5.41, 5.74) is 0.736. The van der Waals surface area contributed by atoms with Crippen molar-refractivity contribution in [3.63, 3.8) is 0 Å². The summed E-state index contributed by atoms with van der Waals surface area (Å²) >= 11 is 4.73. The molecule has 0 amide bonds. The molecule has 0 saturated carbocycles. The second kappa shape index (κ2) is 4.63. The molecule has 1 rings (SSSR count). The van der Waals surface area contributed by atoms with E-state index in [0.717, 1.165) is 9.61 Å². The topological polar surface area (TPSA) is 42.3 Å². The Bertz CT molecular complexity index is 368. The largest absolute Gasteiger partial charge is 0.234 e. The minimum atomic E-state index is -1.21. The van der Waals surface area contributed by atoms with Crippen molar-refractivity contribution < 1.29 is 4.21 Å². The zero-order valence-electron chi connectivity index (χ0n) is 8.15. The van der Waals surface area contributed by atoms with Crippen molar-refractivity contribution in [1.82, 2.24) is 4.98 Å². The summed E-state index contributed by atoms with van der Waals surface area (Å²) in [6, 6.07) is 0. The first-order valence-electron chi connectivity index (χ1n) is 3.96. The molecule has 0 radical (unpaired) electrons. The Hall–Kier alpha value is -0.0700. The van der Waals surface area contributed by atoms with Gasteiger partial charge in [0, 0.05) is 5.38 Å². The predicted octanol–water partition coefficient (Wildman–Crippen LogP) is 2.79. The highest BCUT2D eigenvalue weighted by molar-refractivity contribution is 9.11. The summed E-state index contributed by atoms with van der Waals surface area (Å²) in [5.74, 6) is 0. The van der Waals surface area contributed by atoms with Crippen LogP contribution in [0.4, 0.5) is 0 Å². The maximum Gasteiger partial charge on any atom is 0.159 e. The van der Waals surface area contributed by atoms with Gasteiger partial charge in [-0.3, -0.25) is 0 Å². The van der Waals surface area contributed by atoms with E-state index in [-0.39, 0.29) is 4.75 Å². The van der Waals surface area contributed by atoms with Crippen molar-refractivity contribution in [2.45, 2.75) is 25.5 Å². The van der Waals surface area contributed by atoms with E-state index in [1.165, 1.54) is 11.3 Å². The number of nitrogens with zero attached hydrogens (tertiary/aromatic N) is 2. The lowest BCUT2D eigenvalue weighted by atomic mass is 10.3. The molecule has 0 N–H and O–H groups in total. The molecule has 14 heavy (non-hydrogen) atoms. The quantitative estimate of drug-likeness (QED) is 0.787. The lowest BCUT2D eigenvalue weighted by Gasteiger charge is -2.12. The van der Waals surface area contributed by atoms with Crippen LogP contribution >= 0.6 is 27.3 Å². The minimum absolute atomic E-state index is 0.316. The molecule has 0 aliphatic heterocycles. The van der Waals surface area contributed by atoms with Crippen LogP contribution in [0.3, 0.4) is 0 Å². The Balaban J connectivity index is 2.70. The lowest BCUT2D eigenvalue weighted by molar-refractivity contribution is 0.651. The van der Waals surface area contributed by atoms with Crippen LogP contribution in [0, 0.1) is 0 Å². The molecule has 3 nitrogen and oxygen atoms in total. The molecule has 1 heterocycles. The molecular formula is C8H11BrN2OS2. The fourth-order valence-corrected chi connectivity index (χ4v) is 2.08. The van der Waals surface area contributed by atoms with E-state index >= 15 is 0 Å². The molecule has 6 heteroatoms. The number of hydrogen-bond acceptors (Lipinski definition) is 3. The molecule has 78 valence electrons. The van der Waals surface area contributed by atoms with Crippen molar-refractivity contribution in [3.05, 3.63) is 15.0 Å². The molecule has 1 aromatic heterocycles. The lowest BCUT2D eigenvalue weighted by Crippen LogP contribution is -2.19. The van der Waals surface area contributed by atoms with E-state index in [2.05, 4.69) is 25.3 Å². The van der Waals surface area contributed by atoms with Gasteiger partial charge in [0.05, 0.1) is 16.7 Å².